The van der Waals surface area contributed by atoms with E-state index in [0.29, 0.717) is 28.7 Å². The van der Waals surface area contributed by atoms with Crippen molar-refractivity contribution in [2.45, 2.75) is 19.1 Å². The summed E-state index contributed by atoms with van der Waals surface area (Å²) in [6, 6.07) is 2.25. The second kappa shape index (κ2) is 4.08. The summed E-state index contributed by atoms with van der Waals surface area (Å²) in [5.74, 6) is -0.122. The molecule has 0 amide bonds. The molecule has 2 heterocycles. The molecule has 2 N–H and O–H groups in total. The maximum atomic E-state index is 12.8. The van der Waals surface area contributed by atoms with Crippen LogP contribution in [0.5, 0.6) is 0 Å². The third-order valence-corrected chi connectivity index (χ3v) is 4.36. The minimum atomic E-state index is -4.38. The van der Waals surface area contributed by atoms with Crippen LogP contribution in [0.25, 0.3) is 10.2 Å². The molecular formula is C12H11F3N2OS. The minimum Gasteiger partial charge on any atom is -0.396 e. The van der Waals surface area contributed by atoms with E-state index in [1.165, 1.54) is 0 Å². The van der Waals surface area contributed by atoms with Crippen LogP contribution < -0.4 is 4.80 Å². The Kier molecular flexibility index (Phi) is 2.72. The zero-order valence-electron chi connectivity index (χ0n) is 9.79. The normalized spacial score (nSPS) is 19.1. The summed E-state index contributed by atoms with van der Waals surface area (Å²) >= 11 is 1.05. The topological polar surface area (TPSA) is 49.0 Å². The molecular weight excluding hydrogens is 277 g/mol. The fourth-order valence-electron chi connectivity index (χ4n) is 2.56. The summed E-state index contributed by atoms with van der Waals surface area (Å²) in [6.07, 6.45) is -3.96. The van der Waals surface area contributed by atoms with Crippen LogP contribution in [-0.4, -0.2) is 16.3 Å². The van der Waals surface area contributed by atoms with Crippen LogP contribution in [0.3, 0.4) is 0 Å². The van der Waals surface area contributed by atoms with Gasteiger partial charge in [-0.1, -0.05) is 11.3 Å². The van der Waals surface area contributed by atoms with Crippen LogP contribution in [0.15, 0.2) is 12.1 Å². The number of hydrogen-bond acceptors (Lipinski definition) is 3. The van der Waals surface area contributed by atoms with Crippen molar-refractivity contribution in [3.8, 4) is 0 Å². The van der Waals surface area contributed by atoms with Crippen LogP contribution in [-0.2, 0) is 19.1 Å². The van der Waals surface area contributed by atoms with Crippen molar-refractivity contribution in [1.82, 2.24) is 4.57 Å². The van der Waals surface area contributed by atoms with E-state index >= 15 is 0 Å². The van der Waals surface area contributed by atoms with E-state index < -0.39 is 11.7 Å². The predicted octanol–water partition coefficient (Wildman–Crippen LogP) is 2.37. The summed E-state index contributed by atoms with van der Waals surface area (Å²) in [4.78, 5) is 0.230. The van der Waals surface area contributed by atoms with Gasteiger partial charge in [-0.05, 0) is 24.1 Å². The van der Waals surface area contributed by atoms with E-state index in [1.54, 1.807) is 4.57 Å². The maximum absolute atomic E-state index is 12.8. The molecule has 1 aliphatic rings. The molecule has 0 radical (unpaired) electrons. The van der Waals surface area contributed by atoms with Gasteiger partial charge in [0.2, 0.25) is 0 Å². The van der Waals surface area contributed by atoms with Gasteiger partial charge in [-0.25, -0.2) is 0 Å². The number of rotatable bonds is 1. The Hall–Kier alpha value is -1.34. The first-order chi connectivity index (χ1) is 8.90. The number of aliphatic hydroxyl groups is 1. The Morgan fingerprint density at radius 3 is 2.79 bits per heavy atom. The molecule has 0 aliphatic carbocycles. The van der Waals surface area contributed by atoms with E-state index in [2.05, 4.69) is 0 Å². The third-order valence-electron chi connectivity index (χ3n) is 3.41. The largest absolute Gasteiger partial charge is 0.416 e. The third kappa shape index (κ3) is 1.97. The van der Waals surface area contributed by atoms with E-state index in [0.717, 1.165) is 23.5 Å². The lowest BCUT2D eigenvalue weighted by Gasteiger charge is -2.23. The van der Waals surface area contributed by atoms with Crippen molar-refractivity contribution in [3.05, 3.63) is 28.1 Å². The fraction of sp³-hybridized carbons (Fsp3) is 0.417. The number of alkyl halides is 3. The molecule has 0 saturated carbocycles. The summed E-state index contributed by atoms with van der Waals surface area (Å²) in [7, 11) is 0. The lowest BCUT2D eigenvalue weighted by molar-refractivity contribution is -0.137. The van der Waals surface area contributed by atoms with E-state index in [4.69, 9.17) is 5.41 Å². The van der Waals surface area contributed by atoms with Gasteiger partial charge in [0.05, 0.1) is 15.8 Å². The highest BCUT2D eigenvalue weighted by Crippen LogP contribution is 2.36. The minimum absolute atomic E-state index is 0.0839. The van der Waals surface area contributed by atoms with Gasteiger partial charge in [0.15, 0.2) is 4.80 Å². The average molecular weight is 288 g/mol. The van der Waals surface area contributed by atoms with Gasteiger partial charge in [0, 0.05) is 19.1 Å². The second-order valence-electron chi connectivity index (χ2n) is 4.75. The molecule has 1 aliphatic heterocycles. The van der Waals surface area contributed by atoms with Crippen molar-refractivity contribution in [2.75, 3.05) is 6.61 Å². The molecule has 102 valence electrons. The van der Waals surface area contributed by atoms with Crippen molar-refractivity contribution in [2.24, 2.45) is 5.92 Å². The van der Waals surface area contributed by atoms with Gasteiger partial charge in [0.1, 0.15) is 0 Å². The molecule has 3 rings (SSSR count). The molecule has 1 aromatic carbocycles. The molecule has 19 heavy (non-hydrogen) atoms. The molecule has 3 nitrogen and oxygen atoms in total. The van der Waals surface area contributed by atoms with Gasteiger partial charge in [0.25, 0.3) is 0 Å². The van der Waals surface area contributed by atoms with Crippen LogP contribution in [0, 0.1) is 11.3 Å². The summed E-state index contributed by atoms with van der Waals surface area (Å²) in [5, 5.41) is 17.1. The highest BCUT2D eigenvalue weighted by molar-refractivity contribution is 7.16. The van der Waals surface area contributed by atoms with Gasteiger partial charge < -0.3 is 9.67 Å². The molecule has 1 atom stereocenters. The molecule has 0 saturated heterocycles. The summed E-state index contributed by atoms with van der Waals surface area (Å²) in [6.45, 7) is 0.410. The fourth-order valence-corrected chi connectivity index (χ4v) is 3.57. The Bertz CT molecular complexity index is 701. The summed E-state index contributed by atoms with van der Waals surface area (Å²) < 4.78 is 40.7. The number of benzene rings is 1. The van der Waals surface area contributed by atoms with Gasteiger partial charge in [-0.3, -0.25) is 5.41 Å². The average Bonchev–Trinajstić information content (AvgIpc) is 2.66. The Morgan fingerprint density at radius 2 is 2.16 bits per heavy atom. The van der Waals surface area contributed by atoms with Crippen molar-refractivity contribution in [3.63, 3.8) is 0 Å². The number of nitrogens with zero attached hydrogens (tertiary/aromatic N) is 1. The smallest absolute Gasteiger partial charge is 0.396 e. The number of nitrogens with one attached hydrogen (secondary N) is 1. The monoisotopic (exact) mass is 288 g/mol. The number of hydrogen-bond donors (Lipinski definition) is 2. The zero-order chi connectivity index (χ0) is 13.8. The first-order valence-corrected chi connectivity index (χ1v) is 6.60. The highest BCUT2D eigenvalue weighted by Gasteiger charge is 2.33. The molecule has 0 bridgehead atoms. The first kappa shape index (κ1) is 12.7. The standard InChI is InChI=1S/C12H11F3N2OS/c13-12(14,15)8-2-7-1-6(5-18)4-17-10(7)9(3-8)19-11(17)16/h2-3,6,16,18H,1,4-5H2/t6-/m1/s1. The molecule has 0 unspecified atom stereocenters. The van der Waals surface area contributed by atoms with Gasteiger partial charge in [-0.15, -0.1) is 0 Å². The number of aromatic nitrogens is 1. The number of halogens is 3. The van der Waals surface area contributed by atoms with Crippen molar-refractivity contribution >= 4 is 21.6 Å². The van der Waals surface area contributed by atoms with Gasteiger partial charge in [-0.2, -0.15) is 13.2 Å². The quantitative estimate of drug-likeness (QED) is 0.831. The van der Waals surface area contributed by atoms with E-state index in [9.17, 15) is 18.3 Å². The van der Waals surface area contributed by atoms with Crippen LogP contribution in [0.2, 0.25) is 0 Å². The highest BCUT2D eigenvalue weighted by atomic mass is 32.1. The van der Waals surface area contributed by atoms with Crippen molar-refractivity contribution < 1.29 is 18.3 Å². The Morgan fingerprint density at radius 1 is 1.42 bits per heavy atom. The molecule has 0 fully saturated rings. The second-order valence-corrected chi connectivity index (χ2v) is 5.78. The summed E-state index contributed by atoms with van der Waals surface area (Å²) in [5.41, 5.74) is 0.611. The van der Waals surface area contributed by atoms with Crippen LogP contribution in [0.4, 0.5) is 13.2 Å². The Labute approximate surface area is 110 Å². The van der Waals surface area contributed by atoms with Crippen molar-refractivity contribution in [1.29, 1.82) is 5.41 Å². The number of aliphatic hydroxyl groups excluding tert-OH is 1. The lowest BCUT2D eigenvalue weighted by atomic mass is 9.94. The first-order valence-electron chi connectivity index (χ1n) is 5.79. The van der Waals surface area contributed by atoms with E-state index in [1.807, 2.05) is 0 Å². The Balaban J connectivity index is 2.29. The zero-order valence-corrected chi connectivity index (χ0v) is 10.6. The van der Waals surface area contributed by atoms with Crippen LogP contribution in [0.1, 0.15) is 11.1 Å². The molecule has 1 aromatic heterocycles. The van der Waals surface area contributed by atoms with Crippen LogP contribution >= 0.6 is 11.3 Å². The lowest BCUT2D eigenvalue weighted by Crippen LogP contribution is -2.27. The predicted molar refractivity (Wildman–Crippen MR) is 65.0 cm³/mol. The molecule has 0 spiro atoms. The van der Waals surface area contributed by atoms with Gasteiger partial charge >= 0.3 is 6.18 Å². The molecule has 2 aromatic rings. The SMILES string of the molecule is N=c1sc2cc(C(F)(F)F)cc3c2n1C[C@H](CO)C3. The maximum Gasteiger partial charge on any atom is 0.416 e. The molecule has 7 heteroatoms. The number of thiazole rings is 1. The van der Waals surface area contributed by atoms with E-state index in [-0.39, 0.29) is 17.3 Å².